The quantitative estimate of drug-likeness (QED) is 0.840. The molecule has 0 saturated heterocycles. The van der Waals surface area contributed by atoms with E-state index < -0.39 is 5.97 Å². The maximum absolute atomic E-state index is 10.7. The van der Waals surface area contributed by atoms with Gasteiger partial charge in [-0.2, -0.15) is 0 Å². The predicted molar refractivity (Wildman–Crippen MR) is 58.5 cm³/mol. The highest BCUT2D eigenvalue weighted by atomic mass is 79.9. The largest absolute Gasteiger partial charge is 0.477 e. The Hall–Kier alpha value is 0.480. The van der Waals surface area contributed by atoms with Gasteiger partial charge in [0.15, 0.2) is 0 Å². The van der Waals surface area contributed by atoms with Gasteiger partial charge >= 0.3 is 5.97 Å². The Morgan fingerprint density at radius 1 is 1.58 bits per heavy atom. The molecule has 0 amide bonds. The van der Waals surface area contributed by atoms with E-state index in [9.17, 15) is 4.79 Å². The van der Waals surface area contributed by atoms with E-state index in [4.69, 9.17) is 5.11 Å². The zero-order chi connectivity index (χ0) is 9.30. The van der Waals surface area contributed by atoms with Crippen molar-refractivity contribution in [3.05, 3.63) is 13.1 Å². The number of hydrogen-bond donors (Lipinski definition) is 1. The van der Waals surface area contributed by atoms with Crippen LogP contribution in [0.1, 0.15) is 9.67 Å². The van der Waals surface area contributed by atoms with E-state index in [0.717, 1.165) is 13.2 Å². The average Bonchev–Trinajstić information content (AvgIpc) is 2.29. The summed E-state index contributed by atoms with van der Waals surface area (Å²) in [5.41, 5.74) is 0. The Morgan fingerprint density at radius 3 is 2.50 bits per heavy atom. The third-order valence-corrected chi connectivity index (χ3v) is 5.81. The molecular formula is C6H4Br2O2S2. The third-order valence-electron chi connectivity index (χ3n) is 1.17. The predicted octanol–water partition coefficient (Wildman–Crippen LogP) is 3.69. The number of carboxylic acids is 1. The van der Waals surface area contributed by atoms with Crippen LogP contribution in [-0.2, 0) is 0 Å². The van der Waals surface area contributed by atoms with Crippen LogP contribution >= 0.6 is 55.0 Å². The van der Waals surface area contributed by atoms with Gasteiger partial charge in [0.2, 0.25) is 0 Å². The molecule has 2 nitrogen and oxygen atoms in total. The van der Waals surface area contributed by atoms with Gasteiger partial charge in [0.25, 0.3) is 0 Å². The van der Waals surface area contributed by atoms with Gasteiger partial charge in [-0.25, -0.2) is 4.79 Å². The molecule has 0 aliphatic heterocycles. The molecule has 66 valence electrons. The van der Waals surface area contributed by atoms with Crippen LogP contribution in [0.4, 0.5) is 0 Å². The fraction of sp³-hybridized carbons (Fsp3) is 0.167. The van der Waals surface area contributed by atoms with Crippen LogP contribution < -0.4 is 0 Å². The van der Waals surface area contributed by atoms with Crippen LogP contribution in [-0.4, -0.2) is 17.3 Å². The molecule has 0 aliphatic carbocycles. The minimum Gasteiger partial charge on any atom is -0.477 e. The van der Waals surface area contributed by atoms with Crippen LogP contribution in [0.2, 0.25) is 0 Å². The highest BCUT2D eigenvalue weighted by molar-refractivity contribution is 9.13. The Balaban J connectivity index is 3.29. The van der Waals surface area contributed by atoms with Gasteiger partial charge < -0.3 is 5.11 Å². The van der Waals surface area contributed by atoms with Crippen LogP contribution in [0.25, 0.3) is 0 Å². The van der Waals surface area contributed by atoms with Crippen molar-refractivity contribution in [1.29, 1.82) is 0 Å². The molecular weight excluding hydrogens is 328 g/mol. The second kappa shape index (κ2) is 4.13. The number of halogens is 2. The number of carboxylic acid groups (broad SMARTS) is 1. The molecule has 0 radical (unpaired) electrons. The zero-order valence-electron chi connectivity index (χ0n) is 5.93. The molecule has 0 fully saturated rings. The van der Waals surface area contributed by atoms with Gasteiger partial charge in [0.1, 0.15) is 4.88 Å². The molecule has 12 heavy (non-hydrogen) atoms. The molecule has 1 N–H and O–H groups in total. The van der Waals surface area contributed by atoms with Gasteiger partial charge in [0.05, 0.1) is 8.26 Å². The van der Waals surface area contributed by atoms with Gasteiger partial charge in [-0.3, -0.25) is 0 Å². The second-order valence-corrected chi connectivity index (χ2v) is 5.81. The summed E-state index contributed by atoms with van der Waals surface area (Å²) in [5.74, 6) is -0.879. The summed E-state index contributed by atoms with van der Waals surface area (Å²) in [6.45, 7) is 0. The monoisotopic (exact) mass is 330 g/mol. The summed E-state index contributed by atoms with van der Waals surface area (Å²) in [5, 5.41) is 8.79. The summed E-state index contributed by atoms with van der Waals surface area (Å²) < 4.78 is 1.65. The summed E-state index contributed by atoms with van der Waals surface area (Å²) in [6.07, 6.45) is 1.85. The molecule has 0 aromatic carbocycles. The lowest BCUT2D eigenvalue weighted by atomic mass is 10.5. The van der Waals surface area contributed by atoms with Gasteiger partial charge in [-0.05, 0) is 38.1 Å². The molecule has 0 unspecified atom stereocenters. The van der Waals surface area contributed by atoms with Crippen molar-refractivity contribution in [1.82, 2.24) is 0 Å². The molecule has 1 heterocycles. The topological polar surface area (TPSA) is 37.3 Å². The Morgan fingerprint density at radius 2 is 2.17 bits per heavy atom. The van der Waals surface area contributed by atoms with E-state index in [0.29, 0.717) is 4.88 Å². The lowest BCUT2D eigenvalue weighted by Gasteiger charge is -1.93. The fourth-order valence-corrected chi connectivity index (χ4v) is 4.21. The Kier molecular flexibility index (Phi) is 3.63. The van der Waals surface area contributed by atoms with Crippen molar-refractivity contribution in [2.24, 2.45) is 0 Å². The molecule has 0 aliphatic rings. The minimum atomic E-state index is -0.879. The maximum Gasteiger partial charge on any atom is 0.347 e. The van der Waals surface area contributed by atoms with E-state index in [-0.39, 0.29) is 0 Å². The van der Waals surface area contributed by atoms with Crippen molar-refractivity contribution in [3.63, 3.8) is 0 Å². The van der Waals surface area contributed by atoms with Crippen LogP contribution in [0.3, 0.4) is 0 Å². The second-order valence-electron chi connectivity index (χ2n) is 1.86. The van der Waals surface area contributed by atoms with Crippen LogP contribution in [0.5, 0.6) is 0 Å². The third kappa shape index (κ3) is 1.86. The lowest BCUT2D eigenvalue weighted by molar-refractivity contribution is 0.0698. The van der Waals surface area contributed by atoms with E-state index in [1.807, 2.05) is 6.26 Å². The first-order chi connectivity index (χ1) is 5.57. The summed E-state index contributed by atoms with van der Waals surface area (Å²) in [4.78, 5) is 11.9. The smallest absolute Gasteiger partial charge is 0.347 e. The van der Waals surface area contributed by atoms with E-state index in [1.54, 1.807) is 0 Å². The molecule has 1 aromatic rings. The fourth-order valence-electron chi connectivity index (χ4n) is 0.693. The lowest BCUT2D eigenvalue weighted by Crippen LogP contribution is -1.93. The molecule has 0 saturated carbocycles. The van der Waals surface area contributed by atoms with Crippen molar-refractivity contribution >= 4 is 60.9 Å². The molecule has 0 atom stereocenters. The zero-order valence-corrected chi connectivity index (χ0v) is 10.7. The number of rotatable bonds is 2. The van der Waals surface area contributed by atoms with Gasteiger partial charge in [-0.15, -0.1) is 23.1 Å². The van der Waals surface area contributed by atoms with Gasteiger partial charge in [-0.1, -0.05) is 0 Å². The van der Waals surface area contributed by atoms with Crippen LogP contribution in [0, 0.1) is 0 Å². The molecule has 0 spiro atoms. The number of aromatic carboxylic acids is 1. The highest BCUT2D eigenvalue weighted by Gasteiger charge is 2.18. The van der Waals surface area contributed by atoms with E-state index in [2.05, 4.69) is 31.9 Å². The van der Waals surface area contributed by atoms with E-state index >= 15 is 0 Å². The van der Waals surface area contributed by atoms with E-state index in [1.165, 1.54) is 23.1 Å². The van der Waals surface area contributed by atoms with Crippen molar-refractivity contribution in [2.45, 2.75) is 4.90 Å². The van der Waals surface area contributed by atoms with Gasteiger partial charge in [0, 0.05) is 4.90 Å². The Bertz CT molecular complexity index is 322. The number of carbonyl (C=O) groups is 1. The first-order valence-corrected chi connectivity index (χ1v) is 6.45. The number of thioether (sulfide) groups is 1. The van der Waals surface area contributed by atoms with Crippen LogP contribution in [0.15, 0.2) is 13.2 Å². The van der Waals surface area contributed by atoms with Crippen molar-refractivity contribution in [2.75, 3.05) is 6.26 Å². The standard InChI is InChI=1S/C6H4Br2O2S2/c1-11-3-2(7)5(8)12-4(3)6(9)10/h1H3,(H,9,10). The minimum absolute atomic E-state index is 0.376. The molecule has 1 aromatic heterocycles. The normalized spacial score (nSPS) is 10.2. The summed E-state index contributed by atoms with van der Waals surface area (Å²) in [6, 6.07) is 0. The SMILES string of the molecule is CSc1c(C(=O)O)sc(Br)c1Br. The Labute approximate surface area is 94.6 Å². The summed E-state index contributed by atoms with van der Waals surface area (Å²) >= 11 is 9.23. The molecule has 6 heteroatoms. The number of thiophene rings is 1. The van der Waals surface area contributed by atoms with Crippen molar-refractivity contribution < 1.29 is 9.90 Å². The summed E-state index contributed by atoms with van der Waals surface area (Å²) in [7, 11) is 0. The average molecular weight is 332 g/mol. The maximum atomic E-state index is 10.7. The number of hydrogen-bond acceptors (Lipinski definition) is 3. The highest BCUT2D eigenvalue weighted by Crippen LogP contribution is 2.42. The van der Waals surface area contributed by atoms with Crippen molar-refractivity contribution in [3.8, 4) is 0 Å². The molecule has 0 bridgehead atoms. The first-order valence-electron chi connectivity index (χ1n) is 2.83. The molecule has 1 rings (SSSR count). The first kappa shape index (κ1) is 10.6.